The van der Waals surface area contributed by atoms with Crippen LogP contribution in [0.2, 0.25) is 0 Å². The number of hydrogen-bond donors (Lipinski definition) is 1. The number of alkyl halides is 6. The Hall–Kier alpha value is -1.12. The average molecular weight is 472 g/mol. The highest BCUT2D eigenvalue weighted by molar-refractivity contribution is 7.87. The first-order valence-corrected chi connectivity index (χ1v) is 10.6. The Bertz CT molecular complexity index is 715. The number of halogens is 6. The zero-order valence-corrected chi connectivity index (χ0v) is 16.5. The first-order valence-electron chi connectivity index (χ1n) is 9.16. The van der Waals surface area contributed by atoms with E-state index in [-0.39, 0.29) is 12.3 Å². The Morgan fingerprint density at radius 3 is 2.27 bits per heavy atom. The molecule has 0 spiro atoms. The minimum Gasteiger partial charge on any atom is -0.460 e. The van der Waals surface area contributed by atoms with Gasteiger partial charge in [0.15, 0.2) is 0 Å². The largest absolute Gasteiger partial charge is 0.465 e. The van der Waals surface area contributed by atoms with Crippen LogP contribution >= 0.6 is 0 Å². The number of carbonyl (C=O) groups excluding carboxylic acids is 1. The van der Waals surface area contributed by atoms with E-state index in [1.54, 1.807) is 0 Å². The lowest BCUT2D eigenvalue weighted by Crippen LogP contribution is -2.48. The molecular weight excluding hydrogens is 450 g/mol. The van der Waals surface area contributed by atoms with Gasteiger partial charge < -0.3 is 14.2 Å². The summed E-state index contributed by atoms with van der Waals surface area (Å²) in [5, 5.41) is -5.20. The van der Waals surface area contributed by atoms with E-state index in [9.17, 15) is 39.6 Å². The minimum absolute atomic E-state index is 0.105. The second kappa shape index (κ2) is 9.17. The van der Waals surface area contributed by atoms with Crippen molar-refractivity contribution >= 4 is 16.1 Å². The van der Waals surface area contributed by atoms with Crippen LogP contribution in [0.25, 0.3) is 0 Å². The average Bonchev–Trinajstić information content (AvgIpc) is 2.63. The molecule has 0 amide bonds. The first-order chi connectivity index (χ1) is 13.7. The fourth-order valence-electron chi connectivity index (χ4n) is 3.38. The normalized spacial score (nSPS) is 30.2. The number of rotatable bonds is 5. The summed E-state index contributed by atoms with van der Waals surface area (Å²) in [6, 6.07) is 0. The number of ether oxygens (including phenoxy) is 3. The van der Waals surface area contributed by atoms with Gasteiger partial charge >= 0.3 is 33.2 Å². The molecule has 1 saturated heterocycles. The molecule has 2 aliphatic rings. The summed E-state index contributed by atoms with van der Waals surface area (Å²) >= 11 is 0. The predicted octanol–water partition coefficient (Wildman–Crippen LogP) is 3.04. The molecule has 2 bridgehead atoms. The van der Waals surface area contributed by atoms with Crippen molar-refractivity contribution in [3.63, 3.8) is 0 Å². The Labute approximate surface area is 168 Å². The number of carbonyl (C=O) groups is 1. The van der Waals surface area contributed by atoms with E-state index in [2.05, 4.69) is 4.74 Å². The third-order valence-corrected chi connectivity index (χ3v) is 5.92. The lowest BCUT2D eigenvalue weighted by molar-refractivity contribution is -0.259. The van der Waals surface area contributed by atoms with Gasteiger partial charge in [0.2, 0.25) is 0 Å². The Morgan fingerprint density at radius 1 is 1.07 bits per heavy atom. The second-order valence-corrected chi connectivity index (χ2v) is 8.92. The van der Waals surface area contributed by atoms with Crippen LogP contribution in [0.1, 0.15) is 38.5 Å². The molecule has 0 aromatic carbocycles. The molecule has 1 aliphatic heterocycles. The minimum atomic E-state index is -6.06. The molecule has 1 N–H and O–H groups in total. The molecule has 2 rings (SSSR count). The van der Waals surface area contributed by atoms with Crippen LogP contribution in [0.15, 0.2) is 0 Å². The van der Waals surface area contributed by atoms with Crippen LogP contribution in [0.3, 0.4) is 0 Å². The summed E-state index contributed by atoms with van der Waals surface area (Å²) in [5.74, 6) is -11.7. The highest BCUT2D eigenvalue weighted by Crippen LogP contribution is 2.39. The number of hydrogen-bond acceptors (Lipinski definition) is 6. The van der Waals surface area contributed by atoms with Crippen molar-refractivity contribution in [1.82, 2.24) is 0 Å². The molecule has 1 aliphatic carbocycles. The topological polar surface area (TPSA) is 99.1 Å². The molecule has 1 saturated carbocycles. The van der Waals surface area contributed by atoms with Crippen molar-refractivity contribution in [1.29, 1.82) is 0 Å². The van der Waals surface area contributed by atoms with Gasteiger partial charge in [-0.2, -0.15) is 34.8 Å². The van der Waals surface area contributed by atoms with Gasteiger partial charge in [0.25, 0.3) is 0 Å². The molecule has 176 valence electrons. The number of esters is 1. The number of fused-ring (bicyclic) bond motifs is 2. The van der Waals surface area contributed by atoms with Gasteiger partial charge in [-0.3, -0.25) is 4.55 Å². The molecule has 30 heavy (non-hydrogen) atoms. The summed E-state index contributed by atoms with van der Waals surface area (Å²) in [6.45, 7) is -3.99. The maximum atomic E-state index is 13.9. The van der Waals surface area contributed by atoms with Gasteiger partial charge in [-0.05, 0) is 25.2 Å². The Balaban J connectivity index is 2.05. The van der Waals surface area contributed by atoms with Crippen molar-refractivity contribution in [2.24, 2.45) is 5.92 Å². The third-order valence-electron chi connectivity index (χ3n) is 5.10. The quantitative estimate of drug-likeness (QED) is 0.373. The maximum Gasteiger partial charge on any atom is 0.465 e. The molecule has 3 unspecified atom stereocenters. The summed E-state index contributed by atoms with van der Waals surface area (Å²) in [4.78, 5) is 11.2. The van der Waals surface area contributed by atoms with E-state index < -0.39 is 71.6 Å². The zero-order valence-electron chi connectivity index (χ0n) is 15.7. The summed E-state index contributed by atoms with van der Waals surface area (Å²) in [6.07, 6.45) is -0.0675. The summed E-state index contributed by atoms with van der Waals surface area (Å²) in [7, 11) is -6.06. The van der Waals surface area contributed by atoms with Crippen LogP contribution in [0, 0.1) is 5.92 Å². The van der Waals surface area contributed by atoms with E-state index in [0.717, 1.165) is 0 Å². The van der Waals surface area contributed by atoms with Crippen LogP contribution in [0.4, 0.5) is 26.3 Å². The van der Waals surface area contributed by atoms with Crippen LogP contribution in [-0.4, -0.2) is 68.1 Å². The fraction of sp³-hybridized carbons (Fsp3) is 0.938. The van der Waals surface area contributed by atoms with Crippen LogP contribution < -0.4 is 0 Å². The van der Waals surface area contributed by atoms with Gasteiger partial charge in [0.1, 0.15) is 13.2 Å². The van der Waals surface area contributed by atoms with Crippen molar-refractivity contribution in [2.75, 3.05) is 19.8 Å². The predicted molar refractivity (Wildman–Crippen MR) is 88.0 cm³/mol. The van der Waals surface area contributed by atoms with Gasteiger partial charge in [0, 0.05) is 6.42 Å². The maximum absolute atomic E-state index is 13.9. The van der Waals surface area contributed by atoms with E-state index in [1.165, 1.54) is 0 Å². The van der Waals surface area contributed by atoms with Gasteiger partial charge in [-0.15, -0.1) is 0 Å². The standard InChI is InChI=1S/C16H22F6O7S/c17-14(18)8-28-11-3-1-2-10(6-11)7-12(29-9-15(14,19)20)4-5-27-13(23)16(21,22)30(24,25)26/h10-12H,1-9H2,(H,24,25,26). The second-order valence-electron chi connectivity index (χ2n) is 7.46. The molecule has 0 radical (unpaired) electrons. The van der Waals surface area contributed by atoms with Crippen molar-refractivity contribution in [2.45, 2.75) is 67.8 Å². The lowest BCUT2D eigenvalue weighted by atomic mass is 9.83. The van der Waals surface area contributed by atoms with E-state index in [4.69, 9.17) is 14.0 Å². The van der Waals surface area contributed by atoms with Gasteiger partial charge in [-0.1, -0.05) is 12.8 Å². The summed E-state index contributed by atoms with van der Waals surface area (Å²) in [5.41, 5.74) is 0. The fourth-order valence-corrected chi connectivity index (χ4v) is 3.65. The van der Waals surface area contributed by atoms with Crippen molar-refractivity contribution in [3.8, 4) is 0 Å². The van der Waals surface area contributed by atoms with Crippen molar-refractivity contribution in [3.05, 3.63) is 0 Å². The lowest BCUT2D eigenvalue weighted by Gasteiger charge is -2.31. The monoisotopic (exact) mass is 472 g/mol. The van der Waals surface area contributed by atoms with E-state index in [1.807, 2.05) is 0 Å². The highest BCUT2D eigenvalue weighted by Gasteiger charge is 2.57. The van der Waals surface area contributed by atoms with Crippen LogP contribution in [0.5, 0.6) is 0 Å². The van der Waals surface area contributed by atoms with Crippen molar-refractivity contribution < 1.29 is 58.3 Å². The molecule has 0 aromatic rings. The third kappa shape index (κ3) is 5.98. The van der Waals surface area contributed by atoms with Gasteiger partial charge in [0.05, 0.1) is 18.8 Å². The smallest absolute Gasteiger partial charge is 0.460 e. The SMILES string of the molecule is O=C(OCCC1CC2CCCC(C2)OCC(F)(F)C(F)(F)CO1)C(F)(F)S(=O)(=O)O. The Morgan fingerprint density at radius 2 is 1.67 bits per heavy atom. The van der Waals surface area contributed by atoms with Gasteiger partial charge in [-0.25, -0.2) is 4.79 Å². The highest BCUT2D eigenvalue weighted by atomic mass is 32.2. The molecule has 14 heteroatoms. The Kier molecular flexibility index (Phi) is 7.68. The first kappa shape index (κ1) is 25.1. The molecule has 1 heterocycles. The van der Waals surface area contributed by atoms with Crippen LogP contribution in [-0.2, 0) is 29.1 Å². The molecule has 0 aromatic heterocycles. The molecule has 2 fully saturated rings. The zero-order chi connectivity index (χ0) is 22.8. The van der Waals surface area contributed by atoms with E-state index in [0.29, 0.717) is 25.7 Å². The summed E-state index contributed by atoms with van der Waals surface area (Å²) < 4.78 is 125. The molecule has 7 nitrogen and oxygen atoms in total. The molecule has 3 atom stereocenters. The molecular formula is C16H22F6O7S. The van der Waals surface area contributed by atoms with E-state index >= 15 is 0 Å².